The van der Waals surface area contributed by atoms with Gasteiger partial charge in [0.15, 0.2) is 5.76 Å². The standard InChI is InChI=1S/C22H19N3O5/c1-14-6-7-16(13-19(14)25(28)29)21(26)23-17-8-9-18-15(12-17)4-2-10-24(18)22(27)20-5-3-11-30-20/h3,5-9,11-13H,2,4,10H2,1H3,(H,23,26). The molecule has 0 saturated carbocycles. The maximum Gasteiger partial charge on any atom is 0.293 e. The average molecular weight is 405 g/mol. The first-order valence-electron chi connectivity index (χ1n) is 9.49. The molecule has 8 nitrogen and oxygen atoms in total. The van der Waals surface area contributed by atoms with E-state index < -0.39 is 10.8 Å². The lowest BCUT2D eigenvalue weighted by Crippen LogP contribution is -2.35. The number of fused-ring (bicyclic) bond motifs is 1. The lowest BCUT2D eigenvalue weighted by molar-refractivity contribution is -0.385. The Hall–Kier alpha value is -3.94. The van der Waals surface area contributed by atoms with Crippen molar-refractivity contribution in [1.29, 1.82) is 0 Å². The highest BCUT2D eigenvalue weighted by Crippen LogP contribution is 2.31. The van der Waals surface area contributed by atoms with Crippen molar-refractivity contribution in [3.63, 3.8) is 0 Å². The van der Waals surface area contributed by atoms with Crippen LogP contribution in [0.15, 0.2) is 59.2 Å². The van der Waals surface area contributed by atoms with Gasteiger partial charge in [-0.2, -0.15) is 0 Å². The molecule has 2 aromatic carbocycles. The van der Waals surface area contributed by atoms with Crippen LogP contribution in [0.25, 0.3) is 0 Å². The quantitative estimate of drug-likeness (QED) is 0.513. The van der Waals surface area contributed by atoms with Gasteiger partial charge in [0.05, 0.1) is 11.2 Å². The van der Waals surface area contributed by atoms with Gasteiger partial charge in [0.25, 0.3) is 17.5 Å². The number of carbonyl (C=O) groups excluding carboxylic acids is 2. The number of hydrogen-bond acceptors (Lipinski definition) is 5. The molecule has 0 atom stereocenters. The molecule has 0 radical (unpaired) electrons. The number of carbonyl (C=O) groups is 2. The van der Waals surface area contributed by atoms with Crippen LogP contribution in [-0.4, -0.2) is 23.3 Å². The third kappa shape index (κ3) is 3.67. The summed E-state index contributed by atoms with van der Waals surface area (Å²) >= 11 is 0. The fraction of sp³-hybridized carbons (Fsp3) is 0.182. The Morgan fingerprint density at radius 1 is 1.17 bits per heavy atom. The van der Waals surface area contributed by atoms with Gasteiger partial charge in [0, 0.05) is 35.1 Å². The molecule has 152 valence electrons. The first-order chi connectivity index (χ1) is 14.4. The number of aryl methyl sites for hydroxylation is 2. The zero-order valence-corrected chi connectivity index (χ0v) is 16.3. The van der Waals surface area contributed by atoms with Crippen molar-refractivity contribution < 1.29 is 18.9 Å². The van der Waals surface area contributed by atoms with Crippen LogP contribution in [0, 0.1) is 17.0 Å². The van der Waals surface area contributed by atoms with Crippen LogP contribution in [0.2, 0.25) is 0 Å². The fourth-order valence-electron chi connectivity index (χ4n) is 3.57. The van der Waals surface area contributed by atoms with E-state index in [9.17, 15) is 19.7 Å². The summed E-state index contributed by atoms with van der Waals surface area (Å²) < 4.78 is 5.23. The molecular formula is C22H19N3O5. The lowest BCUT2D eigenvalue weighted by Gasteiger charge is -2.29. The number of benzene rings is 2. The van der Waals surface area contributed by atoms with Gasteiger partial charge in [-0.25, -0.2) is 0 Å². The SMILES string of the molecule is Cc1ccc(C(=O)Nc2ccc3c(c2)CCCN3C(=O)c2ccco2)cc1[N+](=O)[O-]. The summed E-state index contributed by atoms with van der Waals surface area (Å²) in [5.74, 6) is -0.358. The van der Waals surface area contributed by atoms with Crippen molar-refractivity contribution >= 4 is 28.9 Å². The second-order valence-corrected chi connectivity index (χ2v) is 7.09. The molecule has 0 aliphatic carbocycles. The monoisotopic (exact) mass is 405 g/mol. The minimum atomic E-state index is -0.504. The van der Waals surface area contributed by atoms with Crippen LogP contribution in [0.4, 0.5) is 17.1 Å². The van der Waals surface area contributed by atoms with E-state index in [1.54, 1.807) is 48.2 Å². The summed E-state index contributed by atoms with van der Waals surface area (Å²) in [5.41, 5.74) is 2.89. The Labute approximate surface area is 172 Å². The summed E-state index contributed by atoms with van der Waals surface area (Å²) in [6.45, 7) is 2.21. The maximum absolute atomic E-state index is 12.7. The highest BCUT2D eigenvalue weighted by atomic mass is 16.6. The van der Waals surface area contributed by atoms with E-state index in [-0.39, 0.29) is 22.9 Å². The highest BCUT2D eigenvalue weighted by molar-refractivity contribution is 6.06. The summed E-state index contributed by atoms with van der Waals surface area (Å²) in [4.78, 5) is 37.6. The smallest absolute Gasteiger partial charge is 0.293 e. The molecule has 0 spiro atoms. The molecule has 3 aromatic rings. The highest BCUT2D eigenvalue weighted by Gasteiger charge is 2.25. The topological polar surface area (TPSA) is 106 Å². The van der Waals surface area contributed by atoms with Crippen LogP contribution < -0.4 is 10.2 Å². The molecule has 1 N–H and O–H groups in total. The fourth-order valence-corrected chi connectivity index (χ4v) is 3.57. The summed E-state index contributed by atoms with van der Waals surface area (Å²) in [7, 11) is 0. The number of nitro groups is 1. The van der Waals surface area contributed by atoms with Gasteiger partial charge in [-0.3, -0.25) is 19.7 Å². The van der Waals surface area contributed by atoms with Crippen LogP contribution in [0.1, 0.15) is 38.5 Å². The Morgan fingerprint density at radius 2 is 2.00 bits per heavy atom. The number of anilines is 2. The molecule has 0 unspecified atom stereocenters. The zero-order valence-electron chi connectivity index (χ0n) is 16.3. The molecule has 2 heterocycles. The molecule has 0 fully saturated rings. The predicted molar refractivity (Wildman–Crippen MR) is 111 cm³/mol. The van der Waals surface area contributed by atoms with E-state index in [0.29, 0.717) is 17.8 Å². The van der Waals surface area contributed by atoms with Crippen LogP contribution in [0.3, 0.4) is 0 Å². The van der Waals surface area contributed by atoms with Crippen molar-refractivity contribution in [2.75, 3.05) is 16.8 Å². The van der Waals surface area contributed by atoms with Crippen LogP contribution in [-0.2, 0) is 6.42 Å². The molecule has 4 rings (SSSR count). The van der Waals surface area contributed by atoms with Crippen LogP contribution in [0.5, 0.6) is 0 Å². The second kappa shape index (κ2) is 7.82. The molecule has 1 aliphatic rings. The van der Waals surface area contributed by atoms with Crippen LogP contribution >= 0.6 is 0 Å². The third-order valence-electron chi connectivity index (χ3n) is 5.10. The largest absolute Gasteiger partial charge is 0.459 e. The van der Waals surface area contributed by atoms with Gasteiger partial charge in [0.2, 0.25) is 0 Å². The van der Waals surface area contributed by atoms with Crippen molar-refractivity contribution in [1.82, 2.24) is 0 Å². The first kappa shape index (κ1) is 19.4. The van der Waals surface area contributed by atoms with E-state index in [1.807, 2.05) is 6.07 Å². The predicted octanol–water partition coefficient (Wildman–Crippen LogP) is 4.34. The second-order valence-electron chi connectivity index (χ2n) is 7.09. The van der Waals surface area contributed by atoms with Gasteiger partial charge >= 0.3 is 0 Å². The van der Waals surface area contributed by atoms with Gasteiger partial charge in [-0.1, -0.05) is 6.07 Å². The molecule has 0 saturated heterocycles. The van der Waals surface area contributed by atoms with E-state index in [1.165, 1.54) is 12.3 Å². The zero-order chi connectivity index (χ0) is 21.3. The van der Waals surface area contributed by atoms with Crippen molar-refractivity contribution in [3.05, 3.63) is 87.4 Å². The molecule has 1 aromatic heterocycles. The molecular weight excluding hydrogens is 386 g/mol. The number of amides is 2. The number of furan rings is 1. The van der Waals surface area contributed by atoms with Gasteiger partial charge in [0.1, 0.15) is 0 Å². The van der Waals surface area contributed by atoms with E-state index >= 15 is 0 Å². The molecule has 30 heavy (non-hydrogen) atoms. The van der Waals surface area contributed by atoms with E-state index in [2.05, 4.69) is 5.32 Å². The molecule has 2 amide bonds. The molecule has 0 bridgehead atoms. The summed E-state index contributed by atoms with van der Waals surface area (Å²) in [5, 5.41) is 13.9. The summed E-state index contributed by atoms with van der Waals surface area (Å²) in [6, 6.07) is 13.0. The Kier molecular flexibility index (Phi) is 5.05. The number of hydrogen-bond donors (Lipinski definition) is 1. The minimum Gasteiger partial charge on any atom is -0.459 e. The molecule has 1 aliphatic heterocycles. The number of nitrogens with one attached hydrogen (secondary N) is 1. The molecule has 8 heteroatoms. The van der Waals surface area contributed by atoms with E-state index in [0.717, 1.165) is 24.1 Å². The lowest BCUT2D eigenvalue weighted by atomic mass is 10.0. The Bertz CT molecular complexity index is 1140. The van der Waals surface area contributed by atoms with Gasteiger partial charge in [-0.15, -0.1) is 0 Å². The van der Waals surface area contributed by atoms with E-state index in [4.69, 9.17) is 4.42 Å². The van der Waals surface area contributed by atoms with Crippen molar-refractivity contribution in [3.8, 4) is 0 Å². The summed E-state index contributed by atoms with van der Waals surface area (Å²) in [6.07, 6.45) is 3.03. The number of nitro benzene ring substituents is 1. The number of rotatable bonds is 4. The maximum atomic E-state index is 12.7. The third-order valence-corrected chi connectivity index (χ3v) is 5.10. The normalized spacial score (nSPS) is 12.9. The van der Waals surface area contributed by atoms with Crippen molar-refractivity contribution in [2.24, 2.45) is 0 Å². The Morgan fingerprint density at radius 3 is 2.73 bits per heavy atom. The number of nitrogens with zero attached hydrogens (tertiary/aromatic N) is 2. The minimum absolute atomic E-state index is 0.0971. The van der Waals surface area contributed by atoms with Crippen molar-refractivity contribution in [2.45, 2.75) is 19.8 Å². The van der Waals surface area contributed by atoms with Gasteiger partial charge in [-0.05, 0) is 61.7 Å². The first-order valence-corrected chi connectivity index (χ1v) is 9.49. The Balaban J connectivity index is 1.56. The van der Waals surface area contributed by atoms with Gasteiger partial charge < -0.3 is 14.6 Å². The average Bonchev–Trinajstić information content (AvgIpc) is 3.27.